The molecule has 2 aromatic carbocycles. The Morgan fingerprint density at radius 1 is 1.12 bits per heavy atom. The predicted octanol–water partition coefficient (Wildman–Crippen LogP) is 1.56. The highest BCUT2D eigenvalue weighted by atomic mass is 35.5. The maximum Gasteiger partial charge on any atom is 0.209 e. The Bertz CT molecular complexity index is 953. The molecule has 1 atom stereocenters. The smallest absolute Gasteiger partial charge is 0.209 e. The molecule has 0 spiro atoms. The third-order valence-electron chi connectivity index (χ3n) is 3.73. The number of guanidine groups is 1. The van der Waals surface area contributed by atoms with Crippen LogP contribution in [0.4, 0.5) is 0 Å². The molecule has 6 N–H and O–H groups in total. The van der Waals surface area contributed by atoms with E-state index in [1.807, 2.05) is 0 Å². The van der Waals surface area contributed by atoms with Crippen molar-refractivity contribution < 1.29 is 8.42 Å². The normalized spacial score (nSPS) is 20.2. The van der Waals surface area contributed by atoms with Gasteiger partial charge in [-0.3, -0.25) is 11.2 Å². The van der Waals surface area contributed by atoms with Crippen LogP contribution < -0.4 is 22.3 Å². The van der Waals surface area contributed by atoms with Crippen LogP contribution in [0.1, 0.15) is 5.56 Å². The minimum Gasteiger partial charge on any atom is -0.369 e. The minimum absolute atomic E-state index is 0.148. The van der Waals surface area contributed by atoms with Crippen LogP contribution in [0, 0.1) is 0 Å². The van der Waals surface area contributed by atoms with Crippen molar-refractivity contribution in [3.05, 3.63) is 52.0 Å². The summed E-state index contributed by atoms with van der Waals surface area (Å²) in [4.78, 5) is 4.29. The standard InChI is InChI=1S/C15H15Cl2N5O2S/c1-25(23,24)10-4-2-8(3-5-10)13-11(16)6-9(7-12(13)17)15(19)20-14(18)21-22-15/h2-7,22H,19H2,1H3,(H3,18,20,21). The van der Waals surface area contributed by atoms with E-state index in [-0.39, 0.29) is 10.9 Å². The van der Waals surface area contributed by atoms with Crippen LogP contribution in [0.5, 0.6) is 0 Å². The summed E-state index contributed by atoms with van der Waals surface area (Å²) >= 11 is 12.8. The van der Waals surface area contributed by atoms with Gasteiger partial charge in [-0.25, -0.2) is 13.4 Å². The number of nitrogens with one attached hydrogen (secondary N) is 2. The first-order chi connectivity index (χ1) is 11.6. The average molecular weight is 400 g/mol. The van der Waals surface area contributed by atoms with E-state index < -0.39 is 15.6 Å². The molecular formula is C15H15Cl2N5O2S. The van der Waals surface area contributed by atoms with Gasteiger partial charge in [-0.2, -0.15) is 5.43 Å². The van der Waals surface area contributed by atoms with Gasteiger partial charge in [0, 0.05) is 17.4 Å². The van der Waals surface area contributed by atoms with Crippen LogP contribution in [-0.2, 0) is 15.6 Å². The summed E-state index contributed by atoms with van der Waals surface area (Å²) in [5.74, 6) is -1.13. The largest absolute Gasteiger partial charge is 0.369 e. The van der Waals surface area contributed by atoms with E-state index in [4.69, 9.17) is 34.7 Å². The Kier molecular flexibility index (Phi) is 4.42. The average Bonchev–Trinajstić information content (AvgIpc) is 2.87. The zero-order valence-corrected chi connectivity index (χ0v) is 15.4. The van der Waals surface area contributed by atoms with Crippen molar-refractivity contribution in [1.29, 1.82) is 0 Å². The molecule has 132 valence electrons. The second-order valence-corrected chi connectivity index (χ2v) is 8.45. The first-order valence-electron chi connectivity index (χ1n) is 7.07. The van der Waals surface area contributed by atoms with Gasteiger partial charge < -0.3 is 5.73 Å². The molecule has 0 aromatic heterocycles. The van der Waals surface area contributed by atoms with Gasteiger partial charge in [-0.1, -0.05) is 35.3 Å². The number of benzene rings is 2. The van der Waals surface area contributed by atoms with E-state index in [1.165, 1.54) is 12.1 Å². The fourth-order valence-electron chi connectivity index (χ4n) is 2.48. The lowest BCUT2D eigenvalue weighted by molar-refractivity contribution is 0.375. The summed E-state index contributed by atoms with van der Waals surface area (Å²) in [6.45, 7) is 0. The molecule has 0 bridgehead atoms. The summed E-state index contributed by atoms with van der Waals surface area (Å²) in [6.07, 6.45) is 1.15. The summed E-state index contributed by atoms with van der Waals surface area (Å²) in [7, 11) is -3.28. The number of halogens is 2. The zero-order valence-electron chi connectivity index (χ0n) is 13.0. The molecule has 0 saturated heterocycles. The van der Waals surface area contributed by atoms with Gasteiger partial charge in [-0.15, -0.1) is 0 Å². The minimum atomic E-state index is -3.28. The zero-order chi connectivity index (χ0) is 18.4. The Balaban J connectivity index is 2.04. The molecule has 0 amide bonds. The maximum absolute atomic E-state index is 11.6. The summed E-state index contributed by atoms with van der Waals surface area (Å²) < 4.78 is 23.1. The van der Waals surface area contributed by atoms with Crippen molar-refractivity contribution in [2.45, 2.75) is 10.7 Å². The van der Waals surface area contributed by atoms with Crippen molar-refractivity contribution in [2.75, 3.05) is 6.26 Å². The van der Waals surface area contributed by atoms with Gasteiger partial charge in [0.25, 0.3) is 0 Å². The lowest BCUT2D eigenvalue weighted by Gasteiger charge is -2.22. The molecule has 2 aromatic rings. The van der Waals surface area contributed by atoms with Crippen molar-refractivity contribution >= 4 is 39.0 Å². The lowest BCUT2D eigenvalue weighted by atomic mass is 10.0. The molecule has 3 rings (SSSR count). The quantitative estimate of drug-likeness (QED) is 0.620. The second-order valence-electron chi connectivity index (χ2n) is 5.62. The predicted molar refractivity (Wildman–Crippen MR) is 98.8 cm³/mol. The highest BCUT2D eigenvalue weighted by Gasteiger charge is 2.32. The Labute approximate surface area is 154 Å². The molecule has 1 unspecified atom stereocenters. The van der Waals surface area contributed by atoms with Crippen LogP contribution in [-0.4, -0.2) is 20.6 Å². The van der Waals surface area contributed by atoms with Crippen LogP contribution in [0.3, 0.4) is 0 Å². The molecule has 7 nitrogen and oxygen atoms in total. The van der Waals surface area contributed by atoms with Crippen molar-refractivity contribution in [3.8, 4) is 11.1 Å². The van der Waals surface area contributed by atoms with E-state index in [1.54, 1.807) is 24.3 Å². The molecule has 1 aliphatic rings. The third kappa shape index (κ3) is 3.44. The number of hydrogen-bond acceptors (Lipinski definition) is 7. The molecule has 10 heteroatoms. The number of hydrazine groups is 1. The van der Waals surface area contributed by atoms with Crippen LogP contribution in [0.2, 0.25) is 10.0 Å². The first-order valence-corrected chi connectivity index (χ1v) is 9.72. The molecule has 0 radical (unpaired) electrons. The number of hydrogen-bond donors (Lipinski definition) is 4. The van der Waals surface area contributed by atoms with Gasteiger partial charge >= 0.3 is 0 Å². The van der Waals surface area contributed by atoms with E-state index >= 15 is 0 Å². The maximum atomic E-state index is 11.6. The number of nitrogens with zero attached hydrogens (tertiary/aromatic N) is 1. The number of rotatable bonds is 3. The Morgan fingerprint density at radius 3 is 2.12 bits per heavy atom. The van der Waals surface area contributed by atoms with Crippen molar-refractivity contribution in [1.82, 2.24) is 10.9 Å². The number of aliphatic imine (C=N–C) groups is 1. The van der Waals surface area contributed by atoms with E-state index in [0.29, 0.717) is 26.7 Å². The van der Waals surface area contributed by atoms with Gasteiger partial charge in [0.05, 0.1) is 14.9 Å². The van der Waals surface area contributed by atoms with Gasteiger partial charge in [0.2, 0.25) is 11.7 Å². The topological polar surface area (TPSA) is 123 Å². The fraction of sp³-hybridized carbons (Fsp3) is 0.133. The van der Waals surface area contributed by atoms with Crippen LogP contribution >= 0.6 is 23.2 Å². The van der Waals surface area contributed by atoms with Gasteiger partial charge in [0.1, 0.15) is 0 Å². The van der Waals surface area contributed by atoms with E-state index in [0.717, 1.165) is 6.26 Å². The third-order valence-corrected chi connectivity index (χ3v) is 5.46. The van der Waals surface area contributed by atoms with E-state index in [9.17, 15) is 8.42 Å². The van der Waals surface area contributed by atoms with Crippen molar-refractivity contribution in [2.24, 2.45) is 16.5 Å². The Morgan fingerprint density at radius 2 is 1.68 bits per heavy atom. The highest BCUT2D eigenvalue weighted by Crippen LogP contribution is 2.38. The first kappa shape index (κ1) is 18.0. The summed E-state index contributed by atoms with van der Waals surface area (Å²) in [5, 5.41) is 0.698. The number of sulfone groups is 1. The van der Waals surface area contributed by atoms with E-state index in [2.05, 4.69) is 15.8 Å². The van der Waals surface area contributed by atoms with Gasteiger partial charge in [0.15, 0.2) is 9.84 Å². The van der Waals surface area contributed by atoms with Crippen LogP contribution in [0.15, 0.2) is 46.3 Å². The molecule has 1 aliphatic heterocycles. The van der Waals surface area contributed by atoms with Gasteiger partial charge in [-0.05, 0) is 29.8 Å². The molecule has 0 fully saturated rings. The SMILES string of the molecule is CS(=O)(=O)c1ccc(-c2c(Cl)cc(C3(N)N=C(N)NN3)cc2Cl)cc1. The summed E-state index contributed by atoms with van der Waals surface area (Å²) in [5.41, 5.74) is 18.9. The fourth-order valence-corrected chi connectivity index (χ4v) is 3.82. The monoisotopic (exact) mass is 399 g/mol. The molecule has 1 heterocycles. The Hall–Kier alpha value is -1.84. The second kappa shape index (κ2) is 6.15. The van der Waals surface area contributed by atoms with Crippen LogP contribution in [0.25, 0.3) is 11.1 Å². The summed E-state index contributed by atoms with van der Waals surface area (Å²) in [6, 6.07) is 9.56. The molecule has 25 heavy (non-hydrogen) atoms. The van der Waals surface area contributed by atoms with Crippen molar-refractivity contribution in [3.63, 3.8) is 0 Å². The molecule has 0 saturated carbocycles. The number of nitrogens with two attached hydrogens (primary N) is 2. The molecule has 0 aliphatic carbocycles. The highest BCUT2D eigenvalue weighted by molar-refractivity contribution is 7.90. The molecular weight excluding hydrogens is 385 g/mol. The lowest BCUT2D eigenvalue weighted by Crippen LogP contribution is -2.50.